The summed E-state index contributed by atoms with van der Waals surface area (Å²) in [5.74, 6) is -1.16. The van der Waals surface area contributed by atoms with E-state index in [1.165, 1.54) is 44.6 Å². The highest BCUT2D eigenvalue weighted by Crippen LogP contribution is 2.45. The van der Waals surface area contributed by atoms with Crippen LogP contribution in [0.1, 0.15) is 0 Å². The third-order valence-corrected chi connectivity index (χ3v) is 5.65. The van der Waals surface area contributed by atoms with Crippen LogP contribution in [-0.4, -0.2) is 87.3 Å². The highest BCUT2D eigenvalue weighted by atomic mass is 16.7. The van der Waals surface area contributed by atoms with Crippen molar-refractivity contribution in [2.24, 2.45) is 0 Å². The number of aliphatic hydroxyl groups is 4. The van der Waals surface area contributed by atoms with E-state index in [1.807, 2.05) is 0 Å². The number of benzene rings is 2. The van der Waals surface area contributed by atoms with Gasteiger partial charge in [0.15, 0.2) is 11.5 Å². The number of fused-ring (bicyclic) bond motifs is 1. The SMILES string of the molecule is COc1cc(-c2[o+]c3cc(O)cc(OC)c3cc2O[C@@H]2OC(CO)[C@@H](O)C(O)C2O)cc(O)c1O. The van der Waals surface area contributed by atoms with E-state index >= 15 is 0 Å². The van der Waals surface area contributed by atoms with Crippen LogP contribution in [0.2, 0.25) is 0 Å². The first-order chi connectivity index (χ1) is 16.7. The average molecular weight is 493 g/mol. The van der Waals surface area contributed by atoms with Crippen LogP contribution >= 0.6 is 0 Å². The van der Waals surface area contributed by atoms with Gasteiger partial charge in [-0.3, -0.25) is 0 Å². The predicted molar refractivity (Wildman–Crippen MR) is 119 cm³/mol. The van der Waals surface area contributed by atoms with E-state index in [0.29, 0.717) is 5.39 Å². The molecule has 188 valence electrons. The van der Waals surface area contributed by atoms with Gasteiger partial charge in [0.2, 0.25) is 17.8 Å². The monoisotopic (exact) mass is 493 g/mol. The lowest BCUT2D eigenvalue weighted by molar-refractivity contribution is -0.277. The van der Waals surface area contributed by atoms with Crippen molar-refractivity contribution in [3.05, 3.63) is 30.3 Å². The van der Waals surface area contributed by atoms with Crippen molar-refractivity contribution in [2.45, 2.75) is 30.7 Å². The number of phenols is 3. The van der Waals surface area contributed by atoms with Crippen LogP contribution in [0, 0.1) is 0 Å². The van der Waals surface area contributed by atoms with E-state index in [0.717, 1.165) is 0 Å². The zero-order valence-corrected chi connectivity index (χ0v) is 18.7. The molecule has 12 nitrogen and oxygen atoms in total. The second-order valence-electron chi connectivity index (χ2n) is 7.86. The Morgan fingerprint density at radius 3 is 2.23 bits per heavy atom. The quantitative estimate of drug-likeness (QED) is 0.188. The predicted octanol–water partition coefficient (Wildman–Crippen LogP) is 0.694. The molecule has 1 fully saturated rings. The molecule has 2 heterocycles. The molecule has 7 N–H and O–H groups in total. The van der Waals surface area contributed by atoms with Crippen molar-refractivity contribution in [1.82, 2.24) is 0 Å². The lowest BCUT2D eigenvalue weighted by atomic mass is 9.99. The first-order valence-corrected chi connectivity index (χ1v) is 10.4. The van der Waals surface area contributed by atoms with E-state index in [-0.39, 0.29) is 39.9 Å². The van der Waals surface area contributed by atoms with Gasteiger partial charge in [0.05, 0.1) is 32.5 Å². The van der Waals surface area contributed by atoms with Gasteiger partial charge in [-0.25, -0.2) is 4.42 Å². The summed E-state index contributed by atoms with van der Waals surface area (Å²) in [5, 5.41) is 70.7. The molecule has 1 saturated heterocycles. The summed E-state index contributed by atoms with van der Waals surface area (Å²) in [7, 11) is 2.66. The van der Waals surface area contributed by atoms with Crippen molar-refractivity contribution < 1.29 is 59.1 Å². The topological polar surface area (TPSA) is 190 Å². The molecule has 1 aromatic heterocycles. The minimum Gasteiger partial charge on any atom is -0.507 e. The van der Waals surface area contributed by atoms with Crippen LogP contribution < -0.4 is 14.2 Å². The number of aromatic hydroxyl groups is 3. The number of aliphatic hydroxyl groups excluding tert-OH is 4. The van der Waals surface area contributed by atoms with E-state index in [4.69, 9.17) is 23.4 Å². The summed E-state index contributed by atoms with van der Waals surface area (Å²) >= 11 is 0. The first kappa shape index (κ1) is 24.6. The third-order valence-electron chi connectivity index (χ3n) is 5.65. The largest absolute Gasteiger partial charge is 0.507 e. The first-order valence-electron chi connectivity index (χ1n) is 10.4. The number of hydrogen-bond acceptors (Lipinski definition) is 11. The standard InChI is InChI=1S/C23H24O12/c1-31-13-5-10(25)6-14-11(13)7-16(34-23-21(30)20(29)19(28)17(8-24)35-23)22(33-14)9-3-12(26)18(27)15(4-9)32-2/h3-7,17,19-21,23-24,28-30H,8H2,1-2H3,(H2-,25,26,27)/p+1/t17?,19-,20?,21?,23-/m1/s1. The van der Waals surface area contributed by atoms with Gasteiger partial charge in [-0.1, -0.05) is 0 Å². The summed E-state index contributed by atoms with van der Waals surface area (Å²) < 4.78 is 27.6. The number of phenolic OH excluding ortho intramolecular Hbond substituents is 3. The fourth-order valence-corrected chi connectivity index (χ4v) is 3.80. The molecular weight excluding hydrogens is 468 g/mol. The maximum atomic E-state index is 10.4. The van der Waals surface area contributed by atoms with Gasteiger partial charge in [-0.05, 0) is 0 Å². The van der Waals surface area contributed by atoms with Gasteiger partial charge in [-0.15, -0.1) is 0 Å². The third kappa shape index (κ3) is 4.45. The Morgan fingerprint density at radius 2 is 1.57 bits per heavy atom. The van der Waals surface area contributed by atoms with Gasteiger partial charge in [-0.2, -0.15) is 0 Å². The second kappa shape index (κ2) is 9.60. The fraction of sp³-hybridized carbons (Fsp3) is 0.348. The number of rotatable bonds is 6. The van der Waals surface area contributed by atoms with Crippen LogP contribution in [0.25, 0.3) is 22.3 Å². The minimum absolute atomic E-state index is 0.0456. The summed E-state index contributed by atoms with van der Waals surface area (Å²) in [6.45, 7) is -0.657. The van der Waals surface area contributed by atoms with E-state index in [9.17, 15) is 35.7 Å². The Balaban J connectivity index is 1.89. The van der Waals surface area contributed by atoms with Gasteiger partial charge >= 0.3 is 11.3 Å². The molecule has 2 aromatic carbocycles. The van der Waals surface area contributed by atoms with E-state index in [1.54, 1.807) is 0 Å². The van der Waals surface area contributed by atoms with Gasteiger partial charge in [0.25, 0.3) is 0 Å². The molecule has 12 heteroatoms. The van der Waals surface area contributed by atoms with Crippen molar-refractivity contribution in [3.8, 4) is 45.8 Å². The second-order valence-corrected chi connectivity index (χ2v) is 7.86. The maximum Gasteiger partial charge on any atom is 0.402 e. The van der Waals surface area contributed by atoms with Crippen molar-refractivity contribution in [3.63, 3.8) is 0 Å². The Bertz CT molecular complexity index is 1230. The number of hydrogen-bond donors (Lipinski definition) is 7. The van der Waals surface area contributed by atoms with Crippen molar-refractivity contribution >= 4 is 11.0 Å². The van der Waals surface area contributed by atoms with Gasteiger partial charge in [0, 0.05) is 24.3 Å². The van der Waals surface area contributed by atoms with Crippen LogP contribution in [0.5, 0.6) is 34.5 Å². The highest BCUT2D eigenvalue weighted by Gasteiger charge is 2.45. The molecule has 0 aliphatic carbocycles. The molecule has 5 atom stereocenters. The van der Waals surface area contributed by atoms with Crippen LogP contribution in [0.3, 0.4) is 0 Å². The lowest BCUT2D eigenvalue weighted by Gasteiger charge is -2.39. The molecule has 0 amide bonds. The Labute approximate surface area is 198 Å². The zero-order valence-electron chi connectivity index (χ0n) is 18.7. The molecule has 3 unspecified atom stereocenters. The molecular formula is C23H25O12+. The smallest absolute Gasteiger partial charge is 0.402 e. The molecule has 4 rings (SSSR count). The Kier molecular flexibility index (Phi) is 6.74. The Morgan fingerprint density at radius 1 is 0.857 bits per heavy atom. The molecule has 0 radical (unpaired) electrons. The zero-order chi connectivity index (χ0) is 25.4. The van der Waals surface area contributed by atoms with Crippen LogP contribution in [-0.2, 0) is 4.74 Å². The van der Waals surface area contributed by atoms with Gasteiger partial charge in [0.1, 0.15) is 41.3 Å². The molecule has 35 heavy (non-hydrogen) atoms. The van der Waals surface area contributed by atoms with E-state index in [2.05, 4.69) is 0 Å². The molecule has 1 aliphatic rings. The van der Waals surface area contributed by atoms with E-state index < -0.39 is 48.8 Å². The normalized spacial score (nSPS) is 24.3. The molecule has 0 saturated carbocycles. The molecule has 0 spiro atoms. The summed E-state index contributed by atoms with van der Waals surface area (Å²) in [4.78, 5) is 0. The van der Waals surface area contributed by atoms with Crippen molar-refractivity contribution in [2.75, 3.05) is 20.8 Å². The van der Waals surface area contributed by atoms with Crippen molar-refractivity contribution in [1.29, 1.82) is 0 Å². The maximum absolute atomic E-state index is 10.4. The summed E-state index contributed by atoms with van der Waals surface area (Å²) in [5.41, 5.74) is 0.325. The average Bonchev–Trinajstić information content (AvgIpc) is 2.85. The number of methoxy groups -OCH3 is 2. The molecule has 0 bridgehead atoms. The highest BCUT2D eigenvalue weighted by molar-refractivity contribution is 5.89. The molecule has 3 aromatic rings. The minimum atomic E-state index is -1.71. The van der Waals surface area contributed by atoms with Crippen LogP contribution in [0.15, 0.2) is 34.7 Å². The summed E-state index contributed by atoms with van der Waals surface area (Å²) in [6.07, 6.45) is -7.75. The van der Waals surface area contributed by atoms with Crippen LogP contribution in [0.4, 0.5) is 0 Å². The number of ether oxygens (including phenoxy) is 4. The Hall–Kier alpha value is -3.55. The van der Waals surface area contributed by atoms with Gasteiger partial charge < -0.3 is 54.7 Å². The lowest BCUT2D eigenvalue weighted by Crippen LogP contribution is -2.60. The fourth-order valence-electron chi connectivity index (χ4n) is 3.80. The summed E-state index contributed by atoms with van der Waals surface area (Å²) in [6, 6.07) is 6.62. The molecule has 1 aliphatic heterocycles.